The molecule has 5 atom stereocenters. The highest BCUT2D eigenvalue weighted by Crippen LogP contribution is 2.30. The van der Waals surface area contributed by atoms with Gasteiger partial charge in [0.1, 0.15) is 24.4 Å². The van der Waals surface area contributed by atoms with E-state index in [2.05, 4.69) is 20.3 Å². The van der Waals surface area contributed by atoms with Crippen molar-refractivity contribution in [3.63, 3.8) is 0 Å². The Balaban J connectivity index is 2.01. The first kappa shape index (κ1) is 17.4. The number of ether oxygens (including phenoxy) is 1. The Kier molecular flexibility index (Phi) is 4.53. The molecule has 1 amide bonds. The molecule has 1 saturated heterocycles. The summed E-state index contributed by atoms with van der Waals surface area (Å²) in [4.78, 5) is 33.8. The van der Waals surface area contributed by atoms with Crippen molar-refractivity contribution in [2.24, 2.45) is 0 Å². The van der Waals surface area contributed by atoms with Crippen LogP contribution in [0.25, 0.3) is 11.2 Å². The zero-order valence-electron chi connectivity index (χ0n) is 13.0. The minimum atomic E-state index is -1.38. The van der Waals surface area contributed by atoms with Crippen molar-refractivity contribution in [3.8, 4) is 0 Å². The average molecular weight is 355 g/mol. The van der Waals surface area contributed by atoms with Crippen molar-refractivity contribution in [2.45, 2.75) is 37.6 Å². The topological polar surface area (TPSA) is 183 Å². The number of carbonyl (C=O) groups excluding carboxylic acids is 1. The average Bonchev–Trinajstić information content (AvgIpc) is 3.10. The van der Waals surface area contributed by atoms with Gasteiger partial charge < -0.3 is 25.2 Å². The van der Waals surface area contributed by atoms with E-state index < -0.39 is 48.7 Å². The van der Waals surface area contributed by atoms with Crippen LogP contribution in [0, 0.1) is 0 Å². The normalized spacial score (nSPS) is 27.6. The Bertz CT molecular complexity index is 847. The zero-order chi connectivity index (χ0) is 18.3. The van der Waals surface area contributed by atoms with Crippen LogP contribution in [0.1, 0.15) is 13.2 Å². The number of fused-ring (bicyclic) bond motifs is 1. The molecule has 1 aliphatic rings. The number of aromatic nitrogens is 4. The van der Waals surface area contributed by atoms with Crippen LogP contribution in [0.15, 0.2) is 11.1 Å². The number of nitrogens with one attached hydrogen (secondary N) is 2. The molecule has 0 saturated carbocycles. The Labute approximate surface area is 139 Å². The van der Waals surface area contributed by atoms with Gasteiger partial charge in [0.05, 0.1) is 12.9 Å². The molecule has 1 fully saturated rings. The quantitative estimate of drug-likeness (QED) is 0.334. The van der Waals surface area contributed by atoms with E-state index in [-0.39, 0.29) is 17.1 Å². The van der Waals surface area contributed by atoms with Crippen LogP contribution in [0.3, 0.4) is 0 Å². The Morgan fingerprint density at radius 2 is 2.20 bits per heavy atom. The maximum Gasteiger partial charge on any atom is 0.280 e. The van der Waals surface area contributed by atoms with E-state index in [1.807, 2.05) is 0 Å². The summed E-state index contributed by atoms with van der Waals surface area (Å²) in [6, 6.07) is 0. The minimum Gasteiger partial charge on any atom is -0.394 e. The molecule has 0 spiro atoms. The van der Waals surface area contributed by atoms with Crippen LogP contribution < -0.4 is 10.9 Å². The van der Waals surface area contributed by atoms with Gasteiger partial charge in [-0.3, -0.25) is 24.5 Å². The lowest BCUT2D eigenvalue weighted by atomic mass is 10.1. The number of imidazole rings is 1. The fraction of sp³-hybridized carbons (Fsp3) is 0.538. The maximum atomic E-state index is 12.1. The van der Waals surface area contributed by atoms with Crippen molar-refractivity contribution in [1.82, 2.24) is 19.5 Å². The van der Waals surface area contributed by atoms with Crippen molar-refractivity contribution in [3.05, 3.63) is 16.7 Å². The summed E-state index contributed by atoms with van der Waals surface area (Å²) >= 11 is 0. The largest absolute Gasteiger partial charge is 0.394 e. The van der Waals surface area contributed by atoms with Gasteiger partial charge in [-0.15, -0.1) is 0 Å². The van der Waals surface area contributed by atoms with E-state index in [1.54, 1.807) is 0 Å². The molecule has 12 heteroatoms. The first-order valence-corrected chi connectivity index (χ1v) is 7.41. The number of aliphatic hydroxyl groups excluding tert-OH is 4. The summed E-state index contributed by atoms with van der Waals surface area (Å²) in [6.07, 6.45) is -4.98. The van der Waals surface area contributed by atoms with E-state index in [4.69, 9.17) is 9.84 Å². The molecule has 1 aliphatic heterocycles. The molecule has 2 aromatic heterocycles. The number of nitrogens with zero attached hydrogens (tertiary/aromatic N) is 3. The molecule has 25 heavy (non-hydrogen) atoms. The molecular weight excluding hydrogens is 338 g/mol. The second-order valence-corrected chi connectivity index (χ2v) is 5.63. The standard InChI is InChI=1S/C13H17N5O7/c1-4(20)10(23)16-13-15-9-6(11(24)17-13)14-3-18(9)12-8(22)7(21)5(2-19)25-12/h3-5,7-8,12,19-22H,2H2,1H3,(H2,15,16,17,23,24)/t4?,5-,7-,8-,12-/m1/s1. The van der Waals surface area contributed by atoms with Gasteiger partial charge in [0, 0.05) is 0 Å². The smallest absolute Gasteiger partial charge is 0.280 e. The highest BCUT2D eigenvalue weighted by atomic mass is 16.6. The summed E-state index contributed by atoms with van der Waals surface area (Å²) < 4.78 is 6.59. The number of rotatable bonds is 4. The summed E-state index contributed by atoms with van der Waals surface area (Å²) in [5.74, 6) is -1.00. The van der Waals surface area contributed by atoms with Gasteiger partial charge in [-0.25, -0.2) is 4.98 Å². The molecule has 3 rings (SSSR count). The molecular formula is C13H17N5O7. The zero-order valence-corrected chi connectivity index (χ0v) is 13.0. The van der Waals surface area contributed by atoms with E-state index in [1.165, 1.54) is 17.8 Å². The van der Waals surface area contributed by atoms with Crippen LogP contribution in [0.5, 0.6) is 0 Å². The second-order valence-electron chi connectivity index (χ2n) is 5.63. The number of amides is 1. The van der Waals surface area contributed by atoms with Crippen LogP contribution in [0.2, 0.25) is 0 Å². The van der Waals surface area contributed by atoms with Crippen LogP contribution >= 0.6 is 0 Å². The molecule has 12 nitrogen and oxygen atoms in total. The molecule has 0 aromatic carbocycles. The van der Waals surface area contributed by atoms with E-state index in [9.17, 15) is 24.9 Å². The number of anilines is 1. The number of aromatic amines is 1. The molecule has 1 unspecified atom stereocenters. The van der Waals surface area contributed by atoms with Crippen molar-refractivity contribution in [1.29, 1.82) is 0 Å². The third kappa shape index (κ3) is 3.01. The van der Waals surface area contributed by atoms with Gasteiger partial charge in [0.25, 0.3) is 11.5 Å². The predicted molar refractivity (Wildman–Crippen MR) is 81.5 cm³/mol. The van der Waals surface area contributed by atoms with Gasteiger partial charge in [0.2, 0.25) is 5.95 Å². The first-order chi connectivity index (χ1) is 11.8. The lowest BCUT2D eigenvalue weighted by Gasteiger charge is -2.16. The molecule has 0 radical (unpaired) electrons. The Hall–Kier alpha value is -2.38. The molecule has 136 valence electrons. The van der Waals surface area contributed by atoms with Gasteiger partial charge >= 0.3 is 0 Å². The van der Waals surface area contributed by atoms with Gasteiger partial charge in [-0.1, -0.05) is 0 Å². The number of H-pyrrole nitrogens is 1. The predicted octanol–water partition coefficient (Wildman–Crippen LogP) is -2.95. The number of hydrogen-bond acceptors (Lipinski definition) is 9. The Morgan fingerprint density at radius 1 is 1.48 bits per heavy atom. The lowest BCUT2D eigenvalue weighted by Crippen LogP contribution is -2.33. The monoisotopic (exact) mass is 355 g/mol. The third-order valence-corrected chi connectivity index (χ3v) is 3.84. The number of hydrogen-bond donors (Lipinski definition) is 6. The molecule has 0 aliphatic carbocycles. The first-order valence-electron chi connectivity index (χ1n) is 7.41. The SMILES string of the molecule is CC(O)C(=O)Nc1nc2c(ncn2[C@@H]2O[C@H](CO)[C@@H](O)[C@H]2O)c(=O)[nH]1. The van der Waals surface area contributed by atoms with Crippen LogP contribution in [-0.4, -0.2) is 76.9 Å². The molecule has 0 bridgehead atoms. The number of carbonyl (C=O) groups is 1. The van der Waals surface area contributed by atoms with Crippen molar-refractivity contribution in [2.75, 3.05) is 11.9 Å². The number of aliphatic hydroxyl groups is 4. The van der Waals surface area contributed by atoms with Gasteiger partial charge in [-0.2, -0.15) is 4.98 Å². The molecule has 2 aromatic rings. The lowest BCUT2D eigenvalue weighted by molar-refractivity contribution is -0.123. The fourth-order valence-electron chi connectivity index (χ4n) is 2.50. The van der Waals surface area contributed by atoms with Gasteiger partial charge in [0.15, 0.2) is 17.4 Å². The molecule has 3 heterocycles. The van der Waals surface area contributed by atoms with E-state index in [0.717, 1.165) is 0 Å². The second kappa shape index (κ2) is 6.50. The third-order valence-electron chi connectivity index (χ3n) is 3.84. The summed E-state index contributed by atoms with van der Waals surface area (Å²) in [5, 5.41) is 40.6. The molecule has 6 N–H and O–H groups in total. The van der Waals surface area contributed by atoms with Crippen LogP contribution in [-0.2, 0) is 9.53 Å². The minimum absolute atomic E-state index is 0.0144. The van der Waals surface area contributed by atoms with E-state index in [0.29, 0.717) is 0 Å². The summed E-state index contributed by atoms with van der Waals surface area (Å²) in [5.41, 5.74) is -0.747. The summed E-state index contributed by atoms with van der Waals surface area (Å²) in [6.45, 7) is 0.737. The highest BCUT2D eigenvalue weighted by Gasteiger charge is 2.44. The maximum absolute atomic E-state index is 12.1. The van der Waals surface area contributed by atoms with E-state index >= 15 is 0 Å². The summed E-state index contributed by atoms with van der Waals surface area (Å²) in [7, 11) is 0. The van der Waals surface area contributed by atoms with Crippen LogP contribution in [0.4, 0.5) is 5.95 Å². The van der Waals surface area contributed by atoms with Gasteiger partial charge in [-0.05, 0) is 6.92 Å². The van der Waals surface area contributed by atoms with Crippen molar-refractivity contribution >= 4 is 23.0 Å². The fourth-order valence-corrected chi connectivity index (χ4v) is 2.50. The van der Waals surface area contributed by atoms with Crippen molar-refractivity contribution < 1.29 is 30.0 Å². The highest BCUT2D eigenvalue weighted by molar-refractivity contribution is 5.92. The Morgan fingerprint density at radius 3 is 2.80 bits per heavy atom.